The van der Waals surface area contributed by atoms with Crippen molar-refractivity contribution in [3.05, 3.63) is 11.9 Å². The molecule has 0 atom stereocenters. The van der Waals surface area contributed by atoms with E-state index in [1.165, 1.54) is 0 Å². The summed E-state index contributed by atoms with van der Waals surface area (Å²) in [7, 11) is 1.99. The summed E-state index contributed by atoms with van der Waals surface area (Å²) in [6.07, 6.45) is 2.10. The normalized spacial score (nSPS) is 10.8. The van der Waals surface area contributed by atoms with Gasteiger partial charge < -0.3 is 15.1 Å². The van der Waals surface area contributed by atoms with Gasteiger partial charge in [-0.15, -0.1) is 0 Å². The Hall–Kier alpha value is -1.40. The molecule has 1 aromatic rings. The van der Waals surface area contributed by atoms with Crippen molar-refractivity contribution in [2.45, 2.75) is 39.7 Å². The summed E-state index contributed by atoms with van der Waals surface area (Å²) in [6, 6.07) is 1.84. The summed E-state index contributed by atoms with van der Waals surface area (Å²) >= 11 is 0. The Labute approximate surface area is 115 Å². The third-order valence-electron chi connectivity index (χ3n) is 2.65. The molecule has 0 saturated heterocycles. The minimum Gasteiger partial charge on any atom is -0.377 e. The summed E-state index contributed by atoms with van der Waals surface area (Å²) in [6.45, 7) is 7.62. The van der Waals surface area contributed by atoms with E-state index in [0.717, 1.165) is 31.0 Å². The topological polar surface area (TPSA) is 76.3 Å². The third-order valence-corrected chi connectivity index (χ3v) is 2.65. The quantitative estimate of drug-likeness (QED) is 0.550. The van der Waals surface area contributed by atoms with Crippen LogP contribution in [0.25, 0.3) is 0 Å². The molecule has 0 fully saturated rings. The number of ether oxygens (including phenoxy) is 1. The second-order valence-corrected chi connectivity index (χ2v) is 4.76. The van der Waals surface area contributed by atoms with E-state index in [0.29, 0.717) is 12.4 Å². The van der Waals surface area contributed by atoms with E-state index in [1.54, 1.807) is 0 Å². The lowest BCUT2D eigenvalue weighted by Gasteiger charge is -2.20. The van der Waals surface area contributed by atoms with Gasteiger partial charge in [0.15, 0.2) is 0 Å². The maximum absolute atomic E-state index is 5.54. The molecule has 0 unspecified atom stereocenters. The summed E-state index contributed by atoms with van der Waals surface area (Å²) in [5.41, 5.74) is 2.59. The lowest BCUT2D eigenvalue weighted by Crippen LogP contribution is -2.25. The van der Waals surface area contributed by atoms with Gasteiger partial charge in [-0.1, -0.05) is 6.92 Å². The fraction of sp³-hybridized carbons (Fsp3) is 0.692. The van der Waals surface area contributed by atoms with Crippen molar-refractivity contribution in [1.29, 1.82) is 0 Å². The Bertz CT molecular complexity index is 383. The van der Waals surface area contributed by atoms with E-state index < -0.39 is 0 Å². The number of nitrogens with two attached hydrogens (primary N) is 1. The van der Waals surface area contributed by atoms with E-state index in [-0.39, 0.29) is 6.10 Å². The zero-order valence-electron chi connectivity index (χ0n) is 12.3. The highest BCUT2D eigenvalue weighted by Gasteiger charge is 2.08. The van der Waals surface area contributed by atoms with Gasteiger partial charge in [0.1, 0.15) is 17.5 Å². The molecule has 0 aromatic carbocycles. The number of anilines is 2. The van der Waals surface area contributed by atoms with Gasteiger partial charge in [-0.25, -0.2) is 15.8 Å². The van der Waals surface area contributed by atoms with Crippen molar-refractivity contribution < 1.29 is 4.74 Å². The van der Waals surface area contributed by atoms with Crippen LogP contribution in [0.2, 0.25) is 0 Å². The maximum Gasteiger partial charge on any atom is 0.145 e. The number of nitrogen functional groups attached to an aromatic ring is 1. The molecule has 0 amide bonds. The van der Waals surface area contributed by atoms with Crippen molar-refractivity contribution in [2.24, 2.45) is 5.84 Å². The Morgan fingerprint density at radius 1 is 1.42 bits per heavy atom. The average molecular weight is 267 g/mol. The van der Waals surface area contributed by atoms with Crippen LogP contribution in [0.4, 0.5) is 11.6 Å². The molecule has 0 aliphatic heterocycles. The molecule has 19 heavy (non-hydrogen) atoms. The fourth-order valence-electron chi connectivity index (χ4n) is 1.63. The zero-order chi connectivity index (χ0) is 14.3. The summed E-state index contributed by atoms with van der Waals surface area (Å²) in [4.78, 5) is 10.9. The van der Waals surface area contributed by atoms with Crippen LogP contribution in [0.5, 0.6) is 0 Å². The lowest BCUT2D eigenvalue weighted by atomic mass is 10.3. The number of nitrogens with zero attached hydrogens (tertiary/aromatic N) is 3. The van der Waals surface area contributed by atoms with Crippen LogP contribution in [0.1, 0.15) is 33.0 Å². The number of aromatic nitrogens is 2. The first-order valence-electron chi connectivity index (χ1n) is 6.74. The van der Waals surface area contributed by atoms with Gasteiger partial charge >= 0.3 is 0 Å². The van der Waals surface area contributed by atoms with Gasteiger partial charge in [0, 0.05) is 26.1 Å². The minimum absolute atomic E-state index is 0.246. The molecular weight excluding hydrogens is 242 g/mol. The number of rotatable bonds is 8. The molecule has 1 aromatic heterocycles. The smallest absolute Gasteiger partial charge is 0.145 e. The number of hydrogen-bond donors (Lipinski definition) is 2. The second-order valence-electron chi connectivity index (χ2n) is 4.76. The molecule has 0 saturated carbocycles. The van der Waals surface area contributed by atoms with Gasteiger partial charge in [0.25, 0.3) is 0 Å². The lowest BCUT2D eigenvalue weighted by molar-refractivity contribution is 0.0845. The zero-order valence-corrected chi connectivity index (χ0v) is 12.3. The van der Waals surface area contributed by atoms with Crippen molar-refractivity contribution in [3.8, 4) is 0 Å². The Balaban J connectivity index is 2.71. The SMILES string of the molecule is CCCc1nc(NN)cc(N(C)CCOC(C)C)n1. The largest absolute Gasteiger partial charge is 0.377 e. The van der Waals surface area contributed by atoms with Gasteiger partial charge in [0.05, 0.1) is 12.7 Å². The molecule has 108 valence electrons. The number of hydrogen-bond acceptors (Lipinski definition) is 6. The highest BCUT2D eigenvalue weighted by molar-refractivity contribution is 5.48. The van der Waals surface area contributed by atoms with Crippen LogP contribution >= 0.6 is 0 Å². The van der Waals surface area contributed by atoms with E-state index in [4.69, 9.17) is 10.6 Å². The third kappa shape index (κ3) is 5.40. The van der Waals surface area contributed by atoms with Crippen LogP contribution in [0.3, 0.4) is 0 Å². The summed E-state index contributed by atoms with van der Waals surface area (Å²) < 4.78 is 5.54. The predicted molar refractivity (Wildman–Crippen MR) is 78.2 cm³/mol. The molecule has 3 N–H and O–H groups in total. The van der Waals surface area contributed by atoms with Gasteiger partial charge in [-0.2, -0.15) is 0 Å². The Morgan fingerprint density at radius 2 is 2.16 bits per heavy atom. The molecule has 0 bridgehead atoms. The van der Waals surface area contributed by atoms with Crippen LogP contribution in [0, 0.1) is 0 Å². The van der Waals surface area contributed by atoms with Crippen molar-refractivity contribution in [1.82, 2.24) is 9.97 Å². The molecule has 1 rings (SSSR count). The van der Waals surface area contributed by atoms with E-state index in [2.05, 4.69) is 22.3 Å². The van der Waals surface area contributed by atoms with Gasteiger partial charge in [-0.3, -0.25) is 0 Å². The van der Waals surface area contributed by atoms with Crippen LogP contribution in [-0.2, 0) is 11.2 Å². The molecule has 0 aliphatic rings. The molecule has 0 radical (unpaired) electrons. The monoisotopic (exact) mass is 267 g/mol. The van der Waals surface area contributed by atoms with Crippen molar-refractivity contribution >= 4 is 11.6 Å². The Kier molecular flexibility index (Phi) is 6.52. The van der Waals surface area contributed by atoms with Crippen LogP contribution < -0.4 is 16.2 Å². The number of likely N-dealkylation sites (N-methyl/N-ethyl adjacent to an activating group) is 1. The van der Waals surface area contributed by atoms with Crippen LogP contribution in [0.15, 0.2) is 6.07 Å². The standard InChI is InChI=1S/C13H25N5O/c1-5-6-11-15-12(17-14)9-13(16-11)18(4)7-8-19-10(2)3/h9-10H,5-8,14H2,1-4H3,(H,15,16,17). The molecular formula is C13H25N5O. The first-order valence-corrected chi connectivity index (χ1v) is 6.74. The molecule has 6 nitrogen and oxygen atoms in total. The highest BCUT2D eigenvalue weighted by atomic mass is 16.5. The van der Waals surface area contributed by atoms with Crippen molar-refractivity contribution in [2.75, 3.05) is 30.5 Å². The predicted octanol–water partition coefficient (Wildman–Crippen LogP) is 1.58. The molecule has 1 heterocycles. The number of aryl methyl sites for hydroxylation is 1. The van der Waals surface area contributed by atoms with Crippen molar-refractivity contribution in [3.63, 3.8) is 0 Å². The van der Waals surface area contributed by atoms with Crippen LogP contribution in [-0.4, -0.2) is 36.3 Å². The molecule has 0 spiro atoms. The van der Waals surface area contributed by atoms with E-state index in [1.807, 2.05) is 31.9 Å². The Morgan fingerprint density at radius 3 is 2.74 bits per heavy atom. The highest BCUT2D eigenvalue weighted by Crippen LogP contribution is 2.14. The second kappa shape index (κ2) is 7.91. The first kappa shape index (κ1) is 15.7. The first-order chi connectivity index (χ1) is 9.06. The van der Waals surface area contributed by atoms with Gasteiger partial charge in [0.2, 0.25) is 0 Å². The molecule has 6 heteroatoms. The van der Waals surface area contributed by atoms with Gasteiger partial charge in [-0.05, 0) is 20.3 Å². The molecule has 0 aliphatic carbocycles. The number of nitrogens with one attached hydrogen (secondary N) is 1. The fourth-order valence-corrected chi connectivity index (χ4v) is 1.63. The number of hydrazine groups is 1. The van der Waals surface area contributed by atoms with E-state index in [9.17, 15) is 0 Å². The maximum atomic E-state index is 5.54. The summed E-state index contributed by atoms with van der Waals surface area (Å²) in [5.74, 6) is 7.75. The average Bonchev–Trinajstić information content (AvgIpc) is 2.38. The summed E-state index contributed by atoms with van der Waals surface area (Å²) in [5, 5.41) is 0. The van der Waals surface area contributed by atoms with E-state index >= 15 is 0 Å². The minimum atomic E-state index is 0.246.